The highest BCUT2D eigenvalue weighted by Crippen LogP contribution is 2.20. The Kier molecular flexibility index (Phi) is 4.14. The van der Waals surface area contributed by atoms with Crippen molar-refractivity contribution in [1.29, 1.82) is 0 Å². The van der Waals surface area contributed by atoms with Gasteiger partial charge in [-0.2, -0.15) is 0 Å². The third-order valence-electron chi connectivity index (χ3n) is 3.42. The van der Waals surface area contributed by atoms with E-state index in [-0.39, 0.29) is 17.9 Å². The minimum atomic E-state index is -0.329. The van der Waals surface area contributed by atoms with Crippen molar-refractivity contribution in [3.8, 4) is 0 Å². The Balaban J connectivity index is 2.20. The molecule has 102 valence electrons. The molecule has 1 aliphatic heterocycles. The van der Waals surface area contributed by atoms with Crippen LogP contribution in [-0.4, -0.2) is 53.3 Å². The first kappa shape index (κ1) is 13.5. The molecule has 1 aliphatic rings. The monoisotopic (exact) mass is 261 g/mol. The number of pyridine rings is 1. The molecule has 0 N–H and O–H groups in total. The van der Waals surface area contributed by atoms with E-state index in [1.165, 1.54) is 0 Å². The van der Waals surface area contributed by atoms with Crippen LogP contribution in [0.5, 0.6) is 0 Å². The van der Waals surface area contributed by atoms with Crippen LogP contribution in [0, 0.1) is 0 Å². The zero-order chi connectivity index (χ0) is 13.8. The first-order valence-electron chi connectivity index (χ1n) is 6.53. The molecule has 2 rings (SSSR count). The summed E-state index contributed by atoms with van der Waals surface area (Å²) < 4.78 is 0. The molecule has 0 aliphatic carbocycles. The third-order valence-corrected chi connectivity index (χ3v) is 3.42. The highest BCUT2D eigenvalue weighted by Gasteiger charge is 2.33. The first-order chi connectivity index (χ1) is 9.11. The summed E-state index contributed by atoms with van der Waals surface area (Å²) in [6.07, 6.45) is 5.88. The number of rotatable bonds is 2. The summed E-state index contributed by atoms with van der Waals surface area (Å²) in [6, 6.07) is 3.05. The summed E-state index contributed by atoms with van der Waals surface area (Å²) in [5, 5.41) is 0. The maximum Gasteiger partial charge on any atom is 0.254 e. The van der Waals surface area contributed by atoms with E-state index in [2.05, 4.69) is 4.98 Å². The van der Waals surface area contributed by atoms with Crippen LogP contribution in [0.3, 0.4) is 0 Å². The molecular weight excluding hydrogens is 242 g/mol. The van der Waals surface area contributed by atoms with E-state index in [0.29, 0.717) is 12.1 Å². The van der Waals surface area contributed by atoms with E-state index in [4.69, 9.17) is 0 Å². The van der Waals surface area contributed by atoms with Gasteiger partial charge in [0.2, 0.25) is 5.91 Å². The number of likely N-dealkylation sites (tertiary alicyclic amines) is 1. The second kappa shape index (κ2) is 5.82. The fourth-order valence-electron chi connectivity index (χ4n) is 2.39. The second-order valence-electron chi connectivity index (χ2n) is 4.98. The zero-order valence-corrected chi connectivity index (χ0v) is 11.4. The van der Waals surface area contributed by atoms with E-state index in [0.717, 1.165) is 19.3 Å². The summed E-state index contributed by atoms with van der Waals surface area (Å²) in [6.45, 7) is 0.644. The molecule has 19 heavy (non-hydrogen) atoms. The molecule has 0 aromatic carbocycles. The lowest BCUT2D eigenvalue weighted by atomic mass is 10.00. The second-order valence-corrected chi connectivity index (χ2v) is 4.98. The highest BCUT2D eigenvalue weighted by molar-refractivity contribution is 5.97. The Hall–Kier alpha value is -1.91. The van der Waals surface area contributed by atoms with Crippen LogP contribution >= 0.6 is 0 Å². The number of nitrogens with zero attached hydrogens (tertiary/aromatic N) is 3. The molecule has 2 amide bonds. The van der Waals surface area contributed by atoms with Crippen molar-refractivity contribution in [3.63, 3.8) is 0 Å². The van der Waals surface area contributed by atoms with Gasteiger partial charge >= 0.3 is 0 Å². The van der Waals surface area contributed by atoms with Crippen molar-refractivity contribution in [1.82, 2.24) is 14.8 Å². The number of carbonyl (C=O) groups is 2. The van der Waals surface area contributed by atoms with Crippen LogP contribution in [0.15, 0.2) is 24.5 Å². The summed E-state index contributed by atoms with van der Waals surface area (Å²) in [5.74, 6) is -0.0793. The molecule has 5 heteroatoms. The van der Waals surface area contributed by atoms with E-state index >= 15 is 0 Å². The Morgan fingerprint density at radius 3 is 2.58 bits per heavy atom. The molecule has 0 saturated carbocycles. The summed E-state index contributed by atoms with van der Waals surface area (Å²) in [7, 11) is 3.46. The summed E-state index contributed by atoms with van der Waals surface area (Å²) in [5.41, 5.74) is 0.591. The van der Waals surface area contributed by atoms with Gasteiger partial charge in [0.05, 0.1) is 0 Å². The lowest BCUT2D eigenvalue weighted by molar-refractivity contribution is -0.134. The van der Waals surface area contributed by atoms with Crippen LogP contribution < -0.4 is 0 Å². The number of carbonyl (C=O) groups excluding carboxylic acids is 2. The van der Waals surface area contributed by atoms with Gasteiger partial charge in [-0.05, 0) is 31.4 Å². The van der Waals surface area contributed by atoms with Gasteiger partial charge in [0, 0.05) is 38.6 Å². The van der Waals surface area contributed by atoms with Gasteiger partial charge in [-0.25, -0.2) is 0 Å². The average Bonchev–Trinajstić information content (AvgIpc) is 2.46. The van der Waals surface area contributed by atoms with Crippen molar-refractivity contribution in [2.75, 3.05) is 20.6 Å². The van der Waals surface area contributed by atoms with E-state index in [1.54, 1.807) is 48.4 Å². The van der Waals surface area contributed by atoms with Crippen molar-refractivity contribution in [2.45, 2.75) is 25.3 Å². The topological polar surface area (TPSA) is 53.5 Å². The average molecular weight is 261 g/mol. The van der Waals surface area contributed by atoms with Crippen molar-refractivity contribution >= 4 is 11.8 Å². The van der Waals surface area contributed by atoms with Gasteiger partial charge in [0.15, 0.2) is 0 Å². The number of aromatic nitrogens is 1. The van der Waals surface area contributed by atoms with Crippen LogP contribution in [0.2, 0.25) is 0 Å². The molecule has 0 bridgehead atoms. The smallest absolute Gasteiger partial charge is 0.254 e. The normalized spacial score (nSPS) is 19.1. The molecule has 1 aromatic heterocycles. The van der Waals surface area contributed by atoms with E-state index in [1.807, 2.05) is 0 Å². The van der Waals surface area contributed by atoms with Gasteiger partial charge in [0.1, 0.15) is 6.04 Å². The van der Waals surface area contributed by atoms with Gasteiger partial charge in [-0.15, -0.1) is 0 Å². The van der Waals surface area contributed by atoms with Crippen molar-refractivity contribution in [2.24, 2.45) is 0 Å². The van der Waals surface area contributed by atoms with Gasteiger partial charge < -0.3 is 9.80 Å². The van der Waals surface area contributed by atoms with Crippen LogP contribution in [0.4, 0.5) is 0 Å². The summed E-state index contributed by atoms with van der Waals surface area (Å²) >= 11 is 0. The molecule has 0 radical (unpaired) electrons. The first-order valence-corrected chi connectivity index (χ1v) is 6.53. The largest absolute Gasteiger partial charge is 0.347 e. The van der Waals surface area contributed by atoms with Crippen molar-refractivity contribution in [3.05, 3.63) is 30.1 Å². The van der Waals surface area contributed by atoms with Crippen LogP contribution in [-0.2, 0) is 4.79 Å². The van der Waals surface area contributed by atoms with E-state index < -0.39 is 0 Å². The van der Waals surface area contributed by atoms with Crippen LogP contribution in [0.25, 0.3) is 0 Å². The molecule has 1 atom stereocenters. The Morgan fingerprint density at radius 1 is 1.26 bits per heavy atom. The molecule has 1 fully saturated rings. The minimum Gasteiger partial charge on any atom is -0.347 e. The quantitative estimate of drug-likeness (QED) is 0.803. The predicted molar refractivity (Wildman–Crippen MR) is 71.6 cm³/mol. The molecule has 0 spiro atoms. The highest BCUT2D eigenvalue weighted by atomic mass is 16.2. The number of likely N-dealkylation sites (N-methyl/N-ethyl adjacent to an activating group) is 1. The van der Waals surface area contributed by atoms with Crippen LogP contribution in [0.1, 0.15) is 29.6 Å². The SMILES string of the molecule is CN(C)C(=O)[C@H]1CCCCN1C(=O)c1ccncc1. The minimum absolute atomic E-state index is 0.00195. The Bertz CT molecular complexity index is 459. The number of amides is 2. The fourth-order valence-corrected chi connectivity index (χ4v) is 2.39. The standard InChI is InChI=1S/C14H19N3O2/c1-16(2)14(19)12-5-3-4-10-17(12)13(18)11-6-8-15-9-7-11/h6-9,12H,3-5,10H2,1-2H3/t12-/m1/s1. The molecule has 2 heterocycles. The molecule has 0 unspecified atom stereocenters. The Labute approximate surface area is 113 Å². The lowest BCUT2D eigenvalue weighted by Gasteiger charge is -2.36. The summed E-state index contributed by atoms with van der Waals surface area (Å²) in [4.78, 5) is 31.8. The number of hydrogen-bond donors (Lipinski definition) is 0. The Morgan fingerprint density at radius 2 is 1.95 bits per heavy atom. The molecule has 1 saturated heterocycles. The van der Waals surface area contributed by atoms with E-state index in [9.17, 15) is 9.59 Å². The molecule has 5 nitrogen and oxygen atoms in total. The van der Waals surface area contributed by atoms with Gasteiger partial charge in [0.25, 0.3) is 5.91 Å². The lowest BCUT2D eigenvalue weighted by Crippen LogP contribution is -2.51. The van der Waals surface area contributed by atoms with Gasteiger partial charge in [-0.3, -0.25) is 14.6 Å². The molecular formula is C14H19N3O2. The maximum atomic E-state index is 12.5. The number of hydrogen-bond acceptors (Lipinski definition) is 3. The molecule has 1 aromatic rings. The predicted octanol–water partition coefficient (Wildman–Crippen LogP) is 1.16. The van der Waals surface area contributed by atoms with Crippen molar-refractivity contribution < 1.29 is 9.59 Å². The number of piperidine rings is 1. The zero-order valence-electron chi connectivity index (χ0n) is 11.4. The maximum absolute atomic E-state index is 12.5. The fraction of sp³-hybridized carbons (Fsp3) is 0.500. The third kappa shape index (κ3) is 2.92. The van der Waals surface area contributed by atoms with Gasteiger partial charge in [-0.1, -0.05) is 0 Å².